The number of H-pyrrole nitrogens is 1. The van der Waals surface area contributed by atoms with Crippen LogP contribution in [0.2, 0.25) is 0 Å². The Bertz CT molecular complexity index is 550. The monoisotopic (exact) mass is 213 g/mol. The van der Waals surface area contributed by atoms with Gasteiger partial charge in [0.1, 0.15) is 5.82 Å². The van der Waals surface area contributed by atoms with E-state index in [1.807, 2.05) is 19.9 Å². The summed E-state index contributed by atoms with van der Waals surface area (Å²) in [5.74, 6) is 1.32. The van der Waals surface area contributed by atoms with Crippen molar-refractivity contribution < 1.29 is 0 Å². The molecule has 2 aromatic heterocycles. The average molecular weight is 213 g/mol. The van der Waals surface area contributed by atoms with Crippen LogP contribution in [0.15, 0.2) is 18.2 Å². The number of hydrogen-bond acceptors (Lipinski definition) is 4. The first-order valence-electron chi connectivity index (χ1n) is 4.85. The van der Waals surface area contributed by atoms with Crippen LogP contribution in [-0.2, 0) is 0 Å². The molecule has 0 fully saturated rings. The maximum Gasteiger partial charge on any atom is 0.153 e. The topological polar surface area (TPSA) is 77.4 Å². The van der Waals surface area contributed by atoms with Crippen molar-refractivity contribution in [2.45, 2.75) is 13.8 Å². The van der Waals surface area contributed by atoms with Crippen LogP contribution in [0, 0.1) is 25.2 Å². The van der Waals surface area contributed by atoms with Gasteiger partial charge in [-0.3, -0.25) is 5.10 Å². The van der Waals surface area contributed by atoms with Gasteiger partial charge in [0.2, 0.25) is 0 Å². The summed E-state index contributed by atoms with van der Waals surface area (Å²) in [6, 6.07) is 7.39. The fourth-order valence-corrected chi connectivity index (χ4v) is 1.41. The number of rotatable bonds is 2. The zero-order valence-corrected chi connectivity index (χ0v) is 9.07. The standard InChI is InChI=1S/C11H11N5/c1-7-3-9(6-12)5-10(13-7)14-11-4-8(2)15-16-11/h3-5H,1-2H3,(H2,13,14,15,16). The van der Waals surface area contributed by atoms with Crippen molar-refractivity contribution in [2.24, 2.45) is 0 Å². The predicted octanol–water partition coefficient (Wildman–Crippen LogP) is 2.04. The molecular weight excluding hydrogens is 202 g/mol. The van der Waals surface area contributed by atoms with Crippen LogP contribution in [-0.4, -0.2) is 15.2 Å². The van der Waals surface area contributed by atoms with Crippen LogP contribution in [0.4, 0.5) is 11.6 Å². The summed E-state index contributed by atoms with van der Waals surface area (Å²) >= 11 is 0. The highest BCUT2D eigenvalue weighted by Crippen LogP contribution is 2.14. The van der Waals surface area contributed by atoms with Gasteiger partial charge in [-0.25, -0.2) is 4.98 Å². The lowest BCUT2D eigenvalue weighted by atomic mass is 10.2. The molecule has 80 valence electrons. The number of nitrogens with zero attached hydrogens (tertiary/aromatic N) is 3. The lowest BCUT2D eigenvalue weighted by molar-refractivity contribution is 1.05. The number of nitrogens with one attached hydrogen (secondary N) is 2. The Morgan fingerprint density at radius 1 is 1.25 bits per heavy atom. The first kappa shape index (κ1) is 10.2. The average Bonchev–Trinajstić information content (AvgIpc) is 2.63. The molecular formula is C11H11N5. The quantitative estimate of drug-likeness (QED) is 0.800. The van der Waals surface area contributed by atoms with Gasteiger partial charge < -0.3 is 5.32 Å². The van der Waals surface area contributed by atoms with E-state index in [1.54, 1.807) is 12.1 Å². The van der Waals surface area contributed by atoms with E-state index in [0.717, 1.165) is 11.4 Å². The molecule has 0 atom stereocenters. The minimum absolute atomic E-state index is 0.585. The van der Waals surface area contributed by atoms with Crippen LogP contribution >= 0.6 is 0 Å². The molecule has 16 heavy (non-hydrogen) atoms. The molecule has 0 unspecified atom stereocenters. The molecule has 5 nitrogen and oxygen atoms in total. The Balaban J connectivity index is 2.28. The van der Waals surface area contributed by atoms with E-state index in [0.29, 0.717) is 17.2 Å². The largest absolute Gasteiger partial charge is 0.323 e. The van der Waals surface area contributed by atoms with E-state index < -0.39 is 0 Å². The van der Waals surface area contributed by atoms with Crippen molar-refractivity contribution in [1.82, 2.24) is 15.2 Å². The van der Waals surface area contributed by atoms with Crippen LogP contribution in [0.1, 0.15) is 17.0 Å². The zero-order valence-electron chi connectivity index (χ0n) is 9.07. The van der Waals surface area contributed by atoms with Gasteiger partial charge in [0.05, 0.1) is 11.6 Å². The molecule has 0 aliphatic carbocycles. The van der Waals surface area contributed by atoms with E-state index in [2.05, 4.69) is 26.6 Å². The summed E-state index contributed by atoms with van der Waals surface area (Å²) in [4.78, 5) is 4.27. The Hall–Kier alpha value is -2.35. The maximum absolute atomic E-state index is 8.83. The van der Waals surface area contributed by atoms with E-state index in [9.17, 15) is 0 Å². The van der Waals surface area contributed by atoms with Gasteiger partial charge in [0, 0.05) is 17.5 Å². The molecule has 2 N–H and O–H groups in total. The van der Waals surface area contributed by atoms with Crippen molar-refractivity contribution in [2.75, 3.05) is 5.32 Å². The van der Waals surface area contributed by atoms with Gasteiger partial charge in [-0.1, -0.05) is 0 Å². The highest BCUT2D eigenvalue weighted by atomic mass is 15.2. The fraction of sp³-hybridized carbons (Fsp3) is 0.182. The molecule has 0 spiro atoms. The Labute approximate surface area is 93.1 Å². The highest BCUT2D eigenvalue weighted by molar-refractivity contribution is 5.54. The molecule has 0 saturated heterocycles. The zero-order chi connectivity index (χ0) is 11.5. The number of hydrogen-bond donors (Lipinski definition) is 2. The van der Waals surface area contributed by atoms with Gasteiger partial charge in [-0.05, 0) is 26.0 Å². The van der Waals surface area contributed by atoms with Crippen molar-refractivity contribution in [3.8, 4) is 6.07 Å². The molecule has 2 heterocycles. The molecule has 0 aliphatic heterocycles. The van der Waals surface area contributed by atoms with E-state index in [-0.39, 0.29) is 0 Å². The lowest BCUT2D eigenvalue weighted by Gasteiger charge is -2.03. The molecule has 0 bridgehead atoms. The van der Waals surface area contributed by atoms with Gasteiger partial charge >= 0.3 is 0 Å². The summed E-state index contributed by atoms with van der Waals surface area (Å²) in [7, 11) is 0. The highest BCUT2D eigenvalue weighted by Gasteiger charge is 2.02. The molecule has 5 heteroatoms. The van der Waals surface area contributed by atoms with Crippen LogP contribution in [0.25, 0.3) is 0 Å². The molecule has 0 aliphatic rings. The Morgan fingerprint density at radius 3 is 2.69 bits per heavy atom. The summed E-state index contributed by atoms with van der Waals surface area (Å²) in [5, 5.41) is 18.7. The third-order valence-corrected chi connectivity index (χ3v) is 2.04. The second-order valence-corrected chi connectivity index (χ2v) is 3.56. The molecule has 0 radical (unpaired) electrons. The Kier molecular flexibility index (Phi) is 2.56. The van der Waals surface area contributed by atoms with Gasteiger partial charge in [0.15, 0.2) is 5.82 Å². The molecule has 0 aromatic carbocycles. The minimum Gasteiger partial charge on any atom is -0.323 e. The SMILES string of the molecule is Cc1cc(C#N)cc(Nc2cc(C)[nH]n2)n1. The van der Waals surface area contributed by atoms with Gasteiger partial charge in [-0.15, -0.1) is 0 Å². The summed E-state index contributed by atoms with van der Waals surface area (Å²) < 4.78 is 0. The van der Waals surface area contributed by atoms with Crippen molar-refractivity contribution in [1.29, 1.82) is 5.26 Å². The predicted molar refractivity (Wildman–Crippen MR) is 60.3 cm³/mol. The number of nitriles is 1. The van der Waals surface area contributed by atoms with Crippen LogP contribution in [0.3, 0.4) is 0 Å². The second kappa shape index (κ2) is 4.03. The van der Waals surface area contributed by atoms with E-state index in [4.69, 9.17) is 5.26 Å². The van der Waals surface area contributed by atoms with Gasteiger partial charge in [0.25, 0.3) is 0 Å². The van der Waals surface area contributed by atoms with E-state index >= 15 is 0 Å². The first-order chi connectivity index (χ1) is 7.67. The summed E-state index contributed by atoms with van der Waals surface area (Å²) in [5.41, 5.74) is 2.35. The third kappa shape index (κ3) is 2.17. The molecule has 2 rings (SSSR count). The Morgan fingerprint density at radius 2 is 2.06 bits per heavy atom. The number of aromatic amines is 1. The van der Waals surface area contributed by atoms with E-state index in [1.165, 1.54) is 0 Å². The normalized spacial score (nSPS) is 9.81. The molecule has 0 saturated carbocycles. The number of aromatic nitrogens is 3. The van der Waals surface area contributed by atoms with Crippen molar-refractivity contribution in [3.63, 3.8) is 0 Å². The maximum atomic E-state index is 8.83. The van der Waals surface area contributed by atoms with Gasteiger partial charge in [-0.2, -0.15) is 10.4 Å². The van der Waals surface area contributed by atoms with Crippen LogP contribution < -0.4 is 5.32 Å². The lowest BCUT2D eigenvalue weighted by Crippen LogP contribution is -1.96. The van der Waals surface area contributed by atoms with Crippen LogP contribution in [0.5, 0.6) is 0 Å². The fourth-order valence-electron chi connectivity index (χ4n) is 1.41. The molecule has 0 amide bonds. The second-order valence-electron chi connectivity index (χ2n) is 3.56. The van der Waals surface area contributed by atoms with Crippen molar-refractivity contribution in [3.05, 3.63) is 35.2 Å². The molecule has 2 aromatic rings. The third-order valence-electron chi connectivity index (χ3n) is 2.04. The first-order valence-corrected chi connectivity index (χ1v) is 4.85. The summed E-state index contributed by atoms with van der Waals surface area (Å²) in [6.07, 6.45) is 0. The number of anilines is 2. The minimum atomic E-state index is 0.585. The smallest absolute Gasteiger partial charge is 0.153 e. The summed E-state index contributed by atoms with van der Waals surface area (Å²) in [6.45, 7) is 3.77. The van der Waals surface area contributed by atoms with Crippen molar-refractivity contribution >= 4 is 11.6 Å². The number of pyridine rings is 1. The number of aryl methyl sites for hydroxylation is 2.